The molecular formula is C19H25N3O2. The molecule has 1 aromatic carbocycles. The minimum atomic E-state index is -0.318. The number of aliphatic hydroxyl groups is 1. The summed E-state index contributed by atoms with van der Waals surface area (Å²) >= 11 is 0. The maximum absolute atomic E-state index is 13.0. The van der Waals surface area contributed by atoms with Gasteiger partial charge in [0.2, 0.25) is 5.91 Å². The van der Waals surface area contributed by atoms with E-state index in [1.54, 1.807) is 12.1 Å². The standard InChI is InChI=1S/C19H25N3O2/c1-14(23)16-4-2-10-21(13-16)18-5-3-11-22(19(18)24)17-8-6-15(12-20)7-9-17/h6-9,14,16,18,23H,2-5,10-11,13H2,1H3. The van der Waals surface area contributed by atoms with Crippen molar-refractivity contribution in [2.75, 3.05) is 24.5 Å². The second-order valence-electron chi connectivity index (χ2n) is 6.94. The van der Waals surface area contributed by atoms with Crippen LogP contribution in [0, 0.1) is 17.2 Å². The van der Waals surface area contributed by atoms with E-state index in [0.717, 1.165) is 51.0 Å². The Bertz CT molecular complexity index is 620. The zero-order chi connectivity index (χ0) is 17.1. The average Bonchev–Trinajstić information content (AvgIpc) is 2.62. The largest absolute Gasteiger partial charge is 0.393 e. The first kappa shape index (κ1) is 16.9. The predicted molar refractivity (Wildman–Crippen MR) is 92.5 cm³/mol. The van der Waals surface area contributed by atoms with Crippen molar-refractivity contribution in [1.82, 2.24) is 4.90 Å². The maximum atomic E-state index is 13.0. The second-order valence-corrected chi connectivity index (χ2v) is 6.94. The summed E-state index contributed by atoms with van der Waals surface area (Å²) in [6, 6.07) is 9.25. The van der Waals surface area contributed by atoms with Gasteiger partial charge < -0.3 is 10.0 Å². The van der Waals surface area contributed by atoms with Crippen molar-refractivity contribution in [3.63, 3.8) is 0 Å². The van der Waals surface area contributed by atoms with Gasteiger partial charge in [-0.1, -0.05) is 0 Å². The molecule has 0 spiro atoms. The number of anilines is 1. The van der Waals surface area contributed by atoms with Crippen molar-refractivity contribution < 1.29 is 9.90 Å². The molecule has 2 heterocycles. The van der Waals surface area contributed by atoms with Gasteiger partial charge in [-0.3, -0.25) is 9.69 Å². The van der Waals surface area contributed by atoms with Crippen LogP contribution in [0.5, 0.6) is 0 Å². The number of nitrogens with zero attached hydrogens (tertiary/aromatic N) is 3. The van der Waals surface area contributed by atoms with E-state index in [4.69, 9.17) is 5.26 Å². The van der Waals surface area contributed by atoms with Crippen LogP contribution >= 0.6 is 0 Å². The van der Waals surface area contributed by atoms with E-state index in [-0.39, 0.29) is 24.0 Å². The lowest BCUT2D eigenvalue weighted by atomic mass is 9.90. The van der Waals surface area contributed by atoms with Gasteiger partial charge in [-0.25, -0.2) is 0 Å². The Balaban J connectivity index is 1.73. The lowest BCUT2D eigenvalue weighted by Gasteiger charge is -2.42. The minimum absolute atomic E-state index is 0.0871. The van der Waals surface area contributed by atoms with Crippen molar-refractivity contribution in [3.05, 3.63) is 29.8 Å². The van der Waals surface area contributed by atoms with Crippen LogP contribution in [0.15, 0.2) is 24.3 Å². The van der Waals surface area contributed by atoms with Gasteiger partial charge in [0.25, 0.3) is 0 Å². The first-order chi connectivity index (χ1) is 11.6. The average molecular weight is 327 g/mol. The predicted octanol–water partition coefficient (Wildman–Crippen LogP) is 2.15. The number of benzene rings is 1. The van der Waals surface area contributed by atoms with Crippen molar-refractivity contribution in [2.24, 2.45) is 5.92 Å². The summed E-state index contributed by atoms with van der Waals surface area (Å²) in [5.41, 5.74) is 1.48. The lowest BCUT2D eigenvalue weighted by Crippen LogP contribution is -2.55. The van der Waals surface area contributed by atoms with Gasteiger partial charge >= 0.3 is 0 Å². The van der Waals surface area contributed by atoms with Crippen molar-refractivity contribution >= 4 is 11.6 Å². The van der Waals surface area contributed by atoms with Crippen LogP contribution in [0.25, 0.3) is 0 Å². The minimum Gasteiger partial charge on any atom is -0.393 e. The Labute approximate surface area is 143 Å². The molecule has 0 aromatic heterocycles. The highest BCUT2D eigenvalue weighted by Crippen LogP contribution is 2.28. The van der Waals surface area contributed by atoms with Gasteiger partial charge in [0.05, 0.1) is 23.8 Å². The van der Waals surface area contributed by atoms with Crippen LogP contribution in [0.3, 0.4) is 0 Å². The number of rotatable bonds is 3. The molecule has 2 fully saturated rings. The van der Waals surface area contributed by atoms with Gasteiger partial charge in [0.1, 0.15) is 0 Å². The summed E-state index contributed by atoms with van der Waals surface area (Å²) in [4.78, 5) is 17.1. The molecule has 0 radical (unpaired) electrons. The quantitative estimate of drug-likeness (QED) is 0.924. The number of carbonyl (C=O) groups is 1. The fourth-order valence-electron chi connectivity index (χ4n) is 3.88. The number of hydrogen-bond donors (Lipinski definition) is 1. The second kappa shape index (κ2) is 7.33. The third-order valence-electron chi connectivity index (χ3n) is 5.33. The summed E-state index contributed by atoms with van der Waals surface area (Å²) in [7, 11) is 0. The summed E-state index contributed by atoms with van der Waals surface area (Å²) in [5.74, 6) is 0.411. The van der Waals surface area contributed by atoms with E-state index in [9.17, 15) is 9.90 Å². The first-order valence-corrected chi connectivity index (χ1v) is 8.84. The molecule has 0 aliphatic carbocycles. The summed E-state index contributed by atoms with van der Waals surface area (Å²) in [6.45, 7) is 4.31. The molecule has 2 saturated heterocycles. The first-order valence-electron chi connectivity index (χ1n) is 8.84. The van der Waals surface area contributed by atoms with Gasteiger partial charge in [0.15, 0.2) is 0 Å². The van der Waals surface area contributed by atoms with Gasteiger partial charge in [-0.2, -0.15) is 5.26 Å². The Morgan fingerprint density at radius 3 is 2.58 bits per heavy atom. The third kappa shape index (κ3) is 3.45. The van der Waals surface area contributed by atoms with Crippen LogP contribution in [-0.4, -0.2) is 47.7 Å². The van der Waals surface area contributed by atoms with Gasteiger partial charge in [0, 0.05) is 18.8 Å². The molecule has 3 unspecified atom stereocenters. The van der Waals surface area contributed by atoms with Crippen LogP contribution in [0.4, 0.5) is 5.69 Å². The van der Waals surface area contributed by atoms with Crippen LogP contribution in [-0.2, 0) is 4.79 Å². The highest BCUT2D eigenvalue weighted by Gasteiger charge is 2.36. The Hall–Kier alpha value is -1.90. The van der Waals surface area contributed by atoms with Crippen molar-refractivity contribution in [3.8, 4) is 6.07 Å². The summed E-state index contributed by atoms with van der Waals surface area (Å²) in [5, 5.41) is 18.8. The Kier molecular flexibility index (Phi) is 5.17. The van der Waals surface area contributed by atoms with E-state index in [2.05, 4.69) is 11.0 Å². The van der Waals surface area contributed by atoms with Crippen molar-refractivity contribution in [2.45, 2.75) is 44.8 Å². The molecule has 5 heteroatoms. The van der Waals surface area contributed by atoms with E-state index >= 15 is 0 Å². The SMILES string of the molecule is CC(O)C1CCCN(C2CCCN(c3ccc(C#N)cc3)C2=O)C1. The zero-order valence-electron chi connectivity index (χ0n) is 14.2. The van der Waals surface area contributed by atoms with E-state index < -0.39 is 0 Å². The fourth-order valence-corrected chi connectivity index (χ4v) is 3.88. The number of likely N-dealkylation sites (tertiary alicyclic amines) is 1. The Morgan fingerprint density at radius 1 is 1.21 bits per heavy atom. The highest BCUT2D eigenvalue weighted by atomic mass is 16.3. The third-order valence-corrected chi connectivity index (χ3v) is 5.33. The van der Waals surface area contributed by atoms with Crippen molar-refractivity contribution in [1.29, 1.82) is 5.26 Å². The topological polar surface area (TPSA) is 67.6 Å². The molecule has 1 N–H and O–H groups in total. The van der Waals surface area contributed by atoms with Gasteiger partial charge in [-0.05, 0) is 69.3 Å². The number of carbonyl (C=O) groups excluding carboxylic acids is 1. The van der Waals surface area contributed by atoms with E-state index in [0.29, 0.717) is 5.56 Å². The molecule has 2 aliphatic heterocycles. The molecular weight excluding hydrogens is 302 g/mol. The van der Waals surface area contributed by atoms with E-state index in [1.165, 1.54) is 0 Å². The summed E-state index contributed by atoms with van der Waals surface area (Å²) < 4.78 is 0. The van der Waals surface area contributed by atoms with Gasteiger partial charge in [-0.15, -0.1) is 0 Å². The molecule has 5 nitrogen and oxygen atoms in total. The molecule has 3 rings (SSSR count). The number of aliphatic hydroxyl groups excluding tert-OH is 1. The smallest absolute Gasteiger partial charge is 0.244 e. The maximum Gasteiger partial charge on any atom is 0.244 e. The molecule has 2 aliphatic rings. The molecule has 0 bridgehead atoms. The molecule has 128 valence electrons. The molecule has 1 aromatic rings. The number of hydrogen-bond acceptors (Lipinski definition) is 4. The number of amides is 1. The zero-order valence-corrected chi connectivity index (χ0v) is 14.2. The number of nitriles is 1. The fraction of sp³-hybridized carbons (Fsp3) is 0.579. The Morgan fingerprint density at radius 2 is 1.92 bits per heavy atom. The molecule has 1 amide bonds. The lowest BCUT2D eigenvalue weighted by molar-refractivity contribution is -0.126. The normalized spacial score (nSPS) is 26.9. The van der Waals surface area contributed by atoms with Crippen LogP contribution < -0.4 is 4.90 Å². The highest BCUT2D eigenvalue weighted by molar-refractivity contribution is 5.98. The van der Waals surface area contributed by atoms with E-state index in [1.807, 2.05) is 24.0 Å². The van der Waals surface area contributed by atoms with Crippen LogP contribution in [0.1, 0.15) is 38.2 Å². The monoisotopic (exact) mass is 327 g/mol. The van der Waals surface area contributed by atoms with Crippen LogP contribution in [0.2, 0.25) is 0 Å². The summed E-state index contributed by atoms with van der Waals surface area (Å²) in [6.07, 6.45) is 3.62. The molecule has 24 heavy (non-hydrogen) atoms. The molecule has 3 atom stereocenters. The molecule has 0 saturated carbocycles. The number of piperidine rings is 2.